The fraction of sp³-hybridized carbons (Fsp3) is 0.583. The minimum Gasteiger partial charge on any atom is -0.376 e. The van der Waals surface area contributed by atoms with E-state index in [0.29, 0.717) is 12.5 Å². The second-order valence-corrected chi connectivity index (χ2v) is 5.15. The maximum absolute atomic E-state index is 5.78. The number of guanidine groups is 1. The standard InChI is InChI=1S/C12H19N3OS/c13-12(15-9-10-3-1-7-16-10)14-6-5-11-4-2-8-17-11/h2,4,8,10H,1,3,5-7,9H2,(H3,13,14,15)/t10-/m1/s1. The molecule has 0 aliphatic carbocycles. The van der Waals surface area contributed by atoms with Crippen LogP contribution in [0.25, 0.3) is 0 Å². The van der Waals surface area contributed by atoms with Crippen molar-refractivity contribution in [2.24, 2.45) is 10.7 Å². The Hall–Kier alpha value is -1.07. The summed E-state index contributed by atoms with van der Waals surface area (Å²) in [4.78, 5) is 5.65. The van der Waals surface area contributed by atoms with Crippen molar-refractivity contribution in [3.8, 4) is 0 Å². The average molecular weight is 253 g/mol. The lowest BCUT2D eigenvalue weighted by atomic mass is 10.2. The fourth-order valence-electron chi connectivity index (χ4n) is 1.81. The second kappa shape index (κ2) is 6.61. The number of nitrogens with one attached hydrogen (secondary N) is 1. The lowest BCUT2D eigenvalue weighted by Crippen LogP contribution is -2.34. The van der Waals surface area contributed by atoms with Gasteiger partial charge in [-0.3, -0.25) is 4.99 Å². The smallest absolute Gasteiger partial charge is 0.188 e. The quantitative estimate of drug-likeness (QED) is 0.615. The first-order chi connectivity index (χ1) is 8.34. The minimum atomic E-state index is 0.271. The van der Waals surface area contributed by atoms with Gasteiger partial charge in [0.1, 0.15) is 0 Å². The Morgan fingerprint density at radius 2 is 2.59 bits per heavy atom. The predicted octanol–water partition coefficient (Wildman–Crippen LogP) is 1.37. The molecular weight excluding hydrogens is 234 g/mol. The highest BCUT2D eigenvalue weighted by Crippen LogP contribution is 2.11. The molecule has 1 atom stereocenters. The van der Waals surface area contributed by atoms with Gasteiger partial charge in [-0.15, -0.1) is 11.3 Å². The number of nitrogens with zero attached hydrogens (tertiary/aromatic N) is 1. The van der Waals surface area contributed by atoms with Crippen LogP contribution in [0.5, 0.6) is 0 Å². The summed E-state index contributed by atoms with van der Waals surface area (Å²) in [6.45, 7) is 2.38. The fourth-order valence-corrected chi connectivity index (χ4v) is 2.52. The minimum absolute atomic E-state index is 0.271. The largest absolute Gasteiger partial charge is 0.376 e. The molecule has 0 spiro atoms. The van der Waals surface area contributed by atoms with Gasteiger partial charge in [-0.2, -0.15) is 0 Å². The molecule has 0 bridgehead atoms. The highest BCUT2D eigenvalue weighted by Gasteiger charge is 2.14. The van der Waals surface area contributed by atoms with E-state index in [1.54, 1.807) is 11.3 Å². The van der Waals surface area contributed by atoms with Crippen molar-refractivity contribution >= 4 is 17.3 Å². The highest BCUT2D eigenvalue weighted by molar-refractivity contribution is 7.09. The van der Waals surface area contributed by atoms with Crippen LogP contribution in [-0.4, -0.2) is 31.8 Å². The van der Waals surface area contributed by atoms with E-state index in [4.69, 9.17) is 10.5 Å². The van der Waals surface area contributed by atoms with Crippen LogP contribution in [0, 0.1) is 0 Å². The number of ether oxygens (including phenoxy) is 1. The molecule has 3 N–H and O–H groups in total. The first kappa shape index (κ1) is 12.4. The van der Waals surface area contributed by atoms with Gasteiger partial charge in [-0.25, -0.2) is 0 Å². The third-order valence-electron chi connectivity index (χ3n) is 2.75. The molecule has 1 aliphatic heterocycles. The molecule has 1 aromatic heterocycles. The topological polar surface area (TPSA) is 59.6 Å². The van der Waals surface area contributed by atoms with Crippen LogP contribution in [0.15, 0.2) is 22.5 Å². The molecule has 1 fully saturated rings. The summed E-state index contributed by atoms with van der Waals surface area (Å²) in [5.74, 6) is 0.525. The maximum atomic E-state index is 5.78. The van der Waals surface area contributed by atoms with E-state index >= 15 is 0 Å². The molecule has 94 valence electrons. The first-order valence-corrected chi connectivity index (χ1v) is 6.90. The Morgan fingerprint density at radius 3 is 3.29 bits per heavy atom. The SMILES string of the molecule is NC(=NC[C@H]1CCCO1)NCCc1cccs1. The molecule has 4 nitrogen and oxygen atoms in total. The second-order valence-electron chi connectivity index (χ2n) is 4.12. The van der Waals surface area contributed by atoms with Gasteiger partial charge in [0.05, 0.1) is 12.6 Å². The highest BCUT2D eigenvalue weighted by atomic mass is 32.1. The van der Waals surface area contributed by atoms with Gasteiger partial charge in [0, 0.05) is 18.0 Å². The molecule has 17 heavy (non-hydrogen) atoms. The monoisotopic (exact) mass is 253 g/mol. The first-order valence-electron chi connectivity index (χ1n) is 6.02. The van der Waals surface area contributed by atoms with E-state index in [9.17, 15) is 0 Å². The van der Waals surface area contributed by atoms with Crippen molar-refractivity contribution in [2.45, 2.75) is 25.4 Å². The lowest BCUT2D eigenvalue weighted by Gasteiger charge is -2.07. The molecule has 2 rings (SSSR count). The maximum Gasteiger partial charge on any atom is 0.188 e. The summed E-state index contributed by atoms with van der Waals surface area (Å²) < 4.78 is 5.48. The summed E-state index contributed by atoms with van der Waals surface area (Å²) in [7, 11) is 0. The van der Waals surface area contributed by atoms with Gasteiger partial charge in [0.25, 0.3) is 0 Å². The van der Waals surface area contributed by atoms with Crippen molar-refractivity contribution in [3.05, 3.63) is 22.4 Å². The molecule has 0 aromatic carbocycles. The Balaban J connectivity index is 1.62. The van der Waals surface area contributed by atoms with Gasteiger partial charge in [-0.1, -0.05) is 6.07 Å². The molecule has 1 aromatic rings. The van der Waals surface area contributed by atoms with Crippen LogP contribution in [0.3, 0.4) is 0 Å². The van der Waals surface area contributed by atoms with E-state index < -0.39 is 0 Å². The predicted molar refractivity (Wildman–Crippen MR) is 71.5 cm³/mol. The summed E-state index contributed by atoms with van der Waals surface area (Å²) in [6, 6.07) is 4.20. The number of hydrogen-bond acceptors (Lipinski definition) is 3. The van der Waals surface area contributed by atoms with E-state index in [0.717, 1.165) is 32.4 Å². The van der Waals surface area contributed by atoms with Crippen LogP contribution in [-0.2, 0) is 11.2 Å². The van der Waals surface area contributed by atoms with Crippen LogP contribution in [0.2, 0.25) is 0 Å². The Bertz CT molecular complexity index is 345. The normalized spacial score (nSPS) is 20.7. The third-order valence-corrected chi connectivity index (χ3v) is 3.68. The van der Waals surface area contributed by atoms with E-state index in [2.05, 4.69) is 27.8 Å². The number of nitrogens with two attached hydrogens (primary N) is 1. The zero-order valence-electron chi connectivity index (χ0n) is 9.89. The van der Waals surface area contributed by atoms with Crippen LogP contribution < -0.4 is 11.1 Å². The van der Waals surface area contributed by atoms with Gasteiger partial charge >= 0.3 is 0 Å². The molecule has 2 heterocycles. The third kappa shape index (κ3) is 4.36. The molecular formula is C12H19N3OS. The Morgan fingerprint density at radius 1 is 1.65 bits per heavy atom. The number of hydrogen-bond donors (Lipinski definition) is 2. The summed E-state index contributed by atoms with van der Waals surface area (Å²) in [6.07, 6.45) is 3.51. The molecule has 0 saturated carbocycles. The van der Waals surface area contributed by atoms with Gasteiger partial charge in [0.15, 0.2) is 5.96 Å². The Kier molecular flexibility index (Phi) is 4.82. The van der Waals surface area contributed by atoms with Crippen molar-refractivity contribution < 1.29 is 4.74 Å². The van der Waals surface area contributed by atoms with Crippen LogP contribution in [0.1, 0.15) is 17.7 Å². The number of thiophene rings is 1. The van der Waals surface area contributed by atoms with Gasteiger partial charge in [0.2, 0.25) is 0 Å². The van der Waals surface area contributed by atoms with Crippen molar-refractivity contribution in [1.29, 1.82) is 0 Å². The molecule has 0 amide bonds. The molecule has 1 saturated heterocycles. The molecule has 0 radical (unpaired) electrons. The number of rotatable bonds is 5. The van der Waals surface area contributed by atoms with Crippen LogP contribution >= 0.6 is 11.3 Å². The van der Waals surface area contributed by atoms with Crippen molar-refractivity contribution in [3.63, 3.8) is 0 Å². The zero-order valence-corrected chi connectivity index (χ0v) is 10.7. The van der Waals surface area contributed by atoms with Crippen molar-refractivity contribution in [1.82, 2.24) is 5.32 Å². The summed E-state index contributed by atoms with van der Waals surface area (Å²) in [5, 5.41) is 5.21. The Labute approximate surface area is 106 Å². The van der Waals surface area contributed by atoms with E-state index in [1.165, 1.54) is 4.88 Å². The van der Waals surface area contributed by atoms with Gasteiger partial charge < -0.3 is 15.8 Å². The van der Waals surface area contributed by atoms with E-state index in [-0.39, 0.29) is 6.10 Å². The average Bonchev–Trinajstić information content (AvgIpc) is 2.99. The lowest BCUT2D eigenvalue weighted by molar-refractivity contribution is 0.118. The van der Waals surface area contributed by atoms with Crippen LogP contribution in [0.4, 0.5) is 0 Å². The van der Waals surface area contributed by atoms with Gasteiger partial charge in [-0.05, 0) is 30.7 Å². The number of aliphatic imine (C=N–C) groups is 1. The zero-order chi connectivity index (χ0) is 11.9. The molecule has 5 heteroatoms. The van der Waals surface area contributed by atoms with Crippen molar-refractivity contribution in [2.75, 3.05) is 19.7 Å². The molecule has 1 aliphatic rings. The van der Waals surface area contributed by atoms with E-state index in [1.807, 2.05) is 0 Å². The molecule has 0 unspecified atom stereocenters. The summed E-state index contributed by atoms with van der Waals surface area (Å²) >= 11 is 1.77. The summed E-state index contributed by atoms with van der Waals surface area (Å²) in [5.41, 5.74) is 5.78.